The summed E-state index contributed by atoms with van der Waals surface area (Å²) in [5.74, 6) is -2.59. The number of likely N-dealkylation sites (tertiary alicyclic amines) is 1. The molecule has 1 N–H and O–H groups in total. The third-order valence-corrected chi connectivity index (χ3v) is 8.57. The Balaban J connectivity index is 1.61. The first kappa shape index (κ1) is 22.2. The molecule has 1 aliphatic heterocycles. The largest absolute Gasteiger partial charge is 0.507 e. The highest BCUT2D eigenvalue weighted by Crippen LogP contribution is 2.56. The van der Waals surface area contributed by atoms with Crippen molar-refractivity contribution in [3.8, 4) is 5.75 Å². The van der Waals surface area contributed by atoms with E-state index in [1.54, 1.807) is 19.1 Å². The number of ketones is 2. The Morgan fingerprint density at radius 3 is 2.49 bits per heavy atom. The number of Topliss-reactive ketones (excluding diaryl/α,β-unsaturated/α-hetero) is 1. The molecule has 2 aromatic rings. The van der Waals surface area contributed by atoms with E-state index in [0.29, 0.717) is 29.5 Å². The van der Waals surface area contributed by atoms with Gasteiger partial charge in [0.2, 0.25) is 11.8 Å². The second kappa shape index (κ2) is 7.85. The van der Waals surface area contributed by atoms with Gasteiger partial charge in [0.1, 0.15) is 5.75 Å². The van der Waals surface area contributed by atoms with Gasteiger partial charge in [0.05, 0.1) is 16.3 Å². The van der Waals surface area contributed by atoms with Crippen molar-refractivity contribution in [3.63, 3.8) is 0 Å². The highest BCUT2D eigenvalue weighted by Gasteiger charge is 2.56. The van der Waals surface area contributed by atoms with E-state index in [0.717, 1.165) is 16.5 Å². The number of halogens is 1. The quantitative estimate of drug-likeness (QED) is 0.353. The fourth-order valence-corrected chi connectivity index (χ4v) is 6.94. The number of fused-ring (bicyclic) bond motifs is 4. The summed E-state index contributed by atoms with van der Waals surface area (Å²) in [6.07, 6.45) is 4.01. The van der Waals surface area contributed by atoms with Crippen LogP contribution in [0.1, 0.15) is 31.2 Å². The number of amides is 2. The van der Waals surface area contributed by atoms with Crippen LogP contribution in [0.3, 0.4) is 0 Å². The van der Waals surface area contributed by atoms with E-state index < -0.39 is 17.8 Å². The van der Waals surface area contributed by atoms with Crippen LogP contribution >= 0.6 is 15.9 Å². The Morgan fingerprint density at radius 1 is 1.00 bits per heavy atom. The van der Waals surface area contributed by atoms with Crippen LogP contribution in [0.5, 0.6) is 5.75 Å². The zero-order valence-electron chi connectivity index (χ0n) is 19.0. The summed E-state index contributed by atoms with van der Waals surface area (Å²) in [5, 5.41) is 11.9. The van der Waals surface area contributed by atoms with Gasteiger partial charge in [0.15, 0.2) is 11.6 Å². The predicted molar refractivity (Wildman–Crippen MR) is 133 cm³/mol. The Labute approximate surface area is 210 Å². The van der Waals surface area contributed by atoms with Crippen LogP contribution in [0.4, 0.5) is 0 Å². The minimum Gasteiger partial charge on any atom is -0.507 e. The topological polar surface area (TPSA) is 91.8 Å². The molecular formula is C28H22BrNO5. The van der Waals surface area contributed by atoms with E-state index in [1.807, 2.05) is 30.3 Å². The summed E-state index contributed by atoms with van der Waals surface area (Å²) >= 11 is 3.25. The van der Waals surface area contributed by atoms with Gasteiger partial charge in [-0.05, 0) is 58.6 Å². The van der Waals surface area contributed by atoms with Gasteiger partial charge in [-0.25, -0.2) is 0 Å². The lowest BCUT2D eigenvalue weighted by molar-refractivity contribution is -0.139. The molecule has 1 saturated heterocycles. The van der Waals surface area contributed by atoms with Gasteiger partial charge >= 0.3 is 0 Å². The summed E-state index contributed by atoms with van der Waals surface area (Å²) in [6, 6.07) is 10.8. The molecule has 0 spiro atoms. The standard InChI is InChI=1S/C28H22BrNO5/c1-2-30-27(34)17-8-7-16-18(24(17)28(30)35)11-19-25(22(32)12-20(29)26(19)33)23(16)15-9-10-21(31)14-6-4-3-5-13(14)15/h3-7,9-10,12,17-18,23-24,31H,2,8,11H2,1H3. The summed E-state index contributed by atoms with van der Waals surface area (Å²) in [7, 11) is 0. The van der Waals surface area contributed by atoms with E-state index in [9.17, 15) is 24.3 Å². The molecule has 6 rings (SSSR count). The molecule has 35 heavy (non-hydrogen) atoms. The Morgan fingerprint density at radius 2 is 1.74 bits per heavy atom. The molecule has 1 fully saturated rings. The predicted octanol–water partition coefficient (Wildman–Crippen LogP) is 4.33. The lowest BCUT2D eigenvalue weighted by Crippen LogP contribution is -2.39. The van der Waals surface area contributed by atoms with Crippen molar-refractivity contribution in [2.75, 3.05) is 6.54 Å². The van der Waals surface area contributed by atoms with E-state index in [1.165, 1.54) is 11.0 Å². The highest BCUT2D eigenvalue weighted by atomic mass is 79.9. The first-order chi connectivity index (χ1) is 16.8. The van der Waals surface area contributed by atoms with Crippen LogP contribution in [0.15, 0.2) is 69.8 Å². The molecule has 176 valence electrons. The number of phenolic OH excluding ortho intramolecular Hbond substituents is 1. The lowest BCUT2D eigenvalue weighted by atomic mass is 9.59. The first-order valence-corrected chi connectivity index (χ1v) is 12.6. The molecule has 2 amide bonds. The van der Waals surface area contributed by atoms with Gasteiger partial charge in [0.25, 0.3) is 0 Å². The number of nitrogens with zero attached hydrogens (tertiary/aromatic N) is 1. The van der Waals surface area contributed by atoms with Crippen molar-refractivity contribution in [2.24, 2.45) is 17.8 Å². The molecule has 0 radical (unpaired) electrons. The molecule has 7 heteroatoms. The average molecular weight is 532 g/mol. The van der Waals surface area contributed by atoms with Crippen molar-refractivity contribution in [2.45, 2.75) is 25.7 Å². The molecule has 3 aliphatic carbocycles. The van der Waals surface area contributed by atoms with Crippen molar-refractivity contribution in [3.05, 3.63) is 75.3 Å². The Kier molecular flexibility index (Phi) is 4.97. The van der Waals surface area contributed by atoms with Gasteiger partial charge in [-0.15, -0.1) is 0 Å². The summed E-state index contributed by atoms with van der Waals surface area (Å²) < 4.78 is 0.208. The van der Waals surface area contributed by atoms with Crippen molar-refractivity contribution >= 4 is 50.1 Å². The van der Waals surface area contributed by atoms with Crippen molar-refractivity contribution < 1.29 is 24.3 Å². The summed E-state index contributed by atoms with van der Waals surface area (Å²) in [5.41, 5.74) is 2.55. The van der Waals surface area contributed by atoms with Crippen molar-refractivity contribution in [1.29, 1.82) is 0 Å². The van der Waals surface area contributed by atoms with Crippen LogP contribution in [0.25, 0.3) is 10.8 Å². The molecule has 2 aromatic carbocycles. The van der Waals surface area contributed by atoms with Gasteiger partial charge in [0, 0.05) is 35.1 Å². The molecule has 0 aromatic heterocycles. The van der Waals surface area contributed by atoms with E-state index >= 15 is 0 Å². The SMILES string of the molecule is CCN1C(=O)C2CC=C3C(c4ccc(O)c5ccccc45)C4=C(CC3C2C1=O)C(=O)C(Br)=CC4=O. The van der Waals surface area contributed by atoms with Gasteiger partial charge in [-0.3, -0.25) is 24.1 Å². The molecule has 6 nitrogen and oxygen atoms in total. The maximum atomic E-state index is 13.4. The second-order valence-corrected chi connectivity index (χ2v) is 10.4. The Bertz CT molecular complexity index is 1460. The zero-order chi connectivity index (χ0) is 24.6. The average Bonchev–Trinajstić information content (AvgIpc) is 3.11. The van der Waals surface area contributed by atoms with Crippen LogP contribution < -0.4 is 0 Å². The van der Waals surface area contributed by atoms with E-state index in [-0.39, 0.29) is 46.0 Å². The third kappa shape index (κ3) is 3.00. The smallest absolute Gasteiger partial charge is 0.233 e. The number of imide groups is 1. The number of phenols is 1. The van der Waals surface area contributed by atoms with E-state index in [2.05, 4.69) is 15.9 Å². The van der Waals surface area contributed by atoms with Gasteiger partial charge < -0.3 is 5.11 Å². The van der Waals surface area contributed by atoms with Crippen LogP contribution in [0, 0.1) is 17.8 Å². The number of rotatable bonds is 2. The maximum Gasteiger partial charge on any atom is 0.233 e. The Hall–Kier alpha value is -3.32. The van der Waals surface area contributed by atoms with Crippen LogP contribution in [-0.2, 0) is 19.2 Å². The minimum atomic E-state index is -0.546. The molecule has 0 saturated carbocycles. The third-order valence-electron chi connectivity index (χ3n) is 7.98. The molecule has 4 atom stereocenters. The van der Waals surface area contributed by atoms with E-state index in [4.69, 9.17) is 0 Å². The monoisotopic (exact) mass is 531 g/mol. The van der Waals surface area contributed by atoms with Crippen LogP contribution in [-0.4, -0.2) is 39.9 Å². The lowest BCUT2D eigenvalue weighted by Gasteiger charge is -2.42. The molecule has 4 unspecified atom stereocenters. The highest BCUT2D eigenvalue weighted by molar-refractivity contribution is 9.12. The molecule has 4 aliphatic rings. The molecule has 0 bridgehead atoms. The number of allylic oxidation sites excluding steroid dienone is 6. The number of benzene rings is 2. The number of carbonyl (C=O) groups is 4. The first-order valence-electron chi connectivity index (χ1n) is 11.8. The number of aromatic hydroxyl groups is 1. The zero-order valence-corrected chi connectivity index (χ0v) is 20.5. The summed E-state index contributed by atoms with van der Waals surface area (Å²) in [4.78, 5) is 54.3. The number of hydrogen-bond acceptors (Lipinski definition) is 5. The fraction of sp³-hybridized carbons (Fsp3) is 0.286. The molecule has 1 heterocycles. The number of carbonyl (C=O) groups excluding carboxylic acids is 4. The minimum absolute atomic E-state index is 0.132. The molecular weight excluding hydrogens is 510 g/mol. The fourth-order valence-electron chi connectivity index (χ4n) is 6.50. The normalized spacial score (nSPS) is 28.1. The number of hydrogen-bond donors (Lipinski definition) is 1. The summed E-state index contributed by atoms with van der Waals surface area (Å²) in [6.45, 7) is 2.11. The van der Waals surface area contributed by atoms with Crippen molar-refractivity contribution in [1.82, 2.24) is 4.90 Å². The second-order valence-electron chi connectivity index (χ2n) is 9.53. The van der Waals surface area contributed by atoms with Crippen LogP contribution in [0.2, 0.25) is 0 Å². The van der Waals surface area contributed by atoms with Gasteiger partial charge in [-0.1, -0.05) is 42.0 Å². The van der Waals surface area contributed by atoms with Gasteiger partial charge in [-0.2, -0.15) is 0 Å². The maximum absolute atomic E-state index is 13.4.